The lowest BCUT2D eigenvalue weighted by Crippen LogP contribution is -2.47. The van der Waals surface area contributed by atoms with Gasteiger partial charge in [0.25, 0.3) is 0 Å². The molecule has 0 bridgehead atoms. The van der Waals surface area contributed by atoms with Gasteiger partial charge in [0.05, 0.1) is 12.6 Å². The highest BCUT2D eigenvalue weighted by Gasteiger charge is 2.38. The van der Waals surface area contributed by atoms with Crippen molar-refractivity contribution in [2.75, 3.05) is 33.4 Å². The maximum Gasteiger partial charge on any atom is 0.237 e. The summed E-state index contributed by atoms with van der Waals surface area (Å²) in [5, 5.41) is 6.77. The van der Waals surface area contributed by atoms with Crippen molar-refractivity contribution in [2.24, 2.45) is 5.92 Å². The summed E-state index contributed by atoms with van der Waals surface area (Å²) in [6.07, 6.45) is 8.67. The third-order valence-corrected chi connectivity index (χ3v) is 5.77. The summed E-state index contributed by atoms with van der Waals surface area (Å²) in [7, 11) is 1.75. The SMILES string of the molecule is COCCN1CCCC1CNC(=O)C1CC2CCCCC2N1.Cl.Cl. The predicted octanol–water partition coefficient (Wildman–Crippen LogP) is 1.98. The number of ether oxygens (including phenoxy) is 1. The van der Waals surface area contributed by atoms with Crippen LogP contribution in [0.15, 0.2) is 0 Å². The molecule has 24 heavy (non-hydrogen) atoms. The normalized spacial score (nSPS) is 32.5. The van der Waals surface area contributed by atoms with E-state index in [1.165, 1.54) is 38.5 Å². The van der Waals surface area contributed by atoms with Crippen molar-refractivity contribution in [2.45, 2.75) is 63.1 Å². The van der Waals surface area contributed by atoms with Crippen LogP contribution in [0.3, 0.4) is 0 Å². The van der Waals surface area contributed by atoms with Gasteiger partial charge in [-0.3, -0.25) is 9.69 Å². The second kappa shape index (κ2) is 10.8. The van der Waals surface area contributed by atoms with E-state index in [0.717, 1.165) is 38.6 Å². The lowest BCUT2D eigenvalue weighted by atomic mass is 9.85. The summed E-state index contributed by atoms with van der Waals surface area (Å²) in [5.74, 6) is 0.946. The molecule has 3 fully saturated rings. The molecule has 2 N–H and O–H groups in total. The van der Waals surface area contributed by atoms with Crippen molar-refractivity contribution in [3.8, 4) is 0 Å². The molecule has 5 nitrogen and oxygen atoms in total. The van der Waals surface area contributed by atoms with E-state index in [4.69, 9.17) is 4.74 Å². The van der Waals surface area contributed by atoms with E-state index in [2.05, 4.69) is 15.5 Å². The fourth-order valence-electron chi connectivity index (χ4n) is 4.49. The highest BCUT2D eigenvalue weighted by atomic mass is 35.5. The average Bonchev–Trinajstić information content (AvgIpc) is 3.16. The van der Waals surface area contributed by atoms with E-state index in [1.807, 2.05) is 0 Å². The van der Waals surface area contributed by atoms with Gasteiger partial charge in [0, 0.05) is 32.3 Å². The molecule has 2 saturated heterocycles. The van der Waals surface area contributed by atoms with Crippen molar-refractivity contribution in [3.63, 3.8) is 0 Å². The first-order valence-corrected chi connectivity index (χ1v) is 9.04. The van der Waals surface area contributed by atoms with Gasteiger partial charge in [0.15, 0.2) is 0 Å². The van der Waals surface area contributed by atoms with E-state index >= 15 is 0 Å². The summed E-state index contributed by atoms with van der Waals surface area (Å²) in [4.78, 5) is 14.9. The topological polar surface area (TPSA) is 53.6 Å². The molecule has 3 rings (SSSR count). The zero-order chi connectivity index (χ0) is 15.4. The van der Waals surface area contributed by atoms with Crippen molar-refractivity contribution in [1.29, 1.82) is 0 Å². The maximum absolute atomic E-state index is 12.4. The summed E-state index contributed by atoms with van der Waals surface area (Å²) >= 11 is 0. The highest BCUT2D eigenvalue weighted by Crippen LogP contribution is 2.33. The predicted molar refractivity (Wildman–Crippen MR) is 101 cm³/mol. The van der Waals surface area contributed by atoms with Gasteiger partial charge in [-0.25, -0.2) is 0 Å². The van der Waals surface area contributed by atoms with Gasteiger partial charge in [0.2, 0.25) is 5.91 Å². The van der Waals surface area contributed by atoms with Gasteiger partial charge < -0.3 is 15.4 Å². The summed E-state index contributed by atoms with van der Waals surface area (Å²) in [6.45, 7) is 3.67. The van der Waals surface area contributed by atoms with Crippen LogP contribution in [0.2, 0.25) is 0 Å². The van der Waals surface area contributed by atoms with Crippen molar-refractivity contribution in [3.05, 3.63) is 0 Å². The third-order valence-electron chi connectivity index (χ3n) is 5.77. The van der Waals surface area contributed by atoms with E-state index in [9.17, 15) is 4.79 Å². The third kappa shape index (κ3) is 5.46. The van der Waals surface area contributed by atoms with E-state index in [1.54, 1.807) is 7.11 Å². The average molecular weight is 382 g/mol. The first-order valence-electron chi connectivity index (χ1n) is 9.04. The molecule has 142 valence electrons. The Kier molecular flexibility index (Phi) is 9.90. The van der Waals surface area contributed by atoms with Crippen LogP contribution in [0.5, 0.6) is 0 Å². The van der Waals surface area contributed by atoms with Gasteiger partial charge in [-0.1, -0.05) is 12.8 Å². The van der Waals surface area contributed by atoms with Gasteiger partial charge in [0.1, 0.15) is 0 Å². The Balaban J connectivity index is 0.00000144. The monoisotopic (exact) mass is 381 g/mol. The number of hydrogen-bond donors (Lipinski definition) is 2. The Morgan fingerprint density at radius 3 is 2.75 bits per heavy atom. The molecular weight excluding hydrogens is 349 g/mol. The van der Waals surface area contributed by atoms with E-state index in [0.29, 0.717) is 12.1 Å². The number of nitrogens with one attached hydrogen (secondary N) is 2. The Hall–Kier alpha value is -0.0700. The Morgan fingerprint density at radius 1 is 1.21 bits per heavy atom. The number of fused-ring (bicyclic) bond motifs is 1. The Morgan fingerprint density at radius 2 is 2.00 bits per heavy atom. The fraction of sp³-hybridized carbons (Fsp3) is 0.941. The molecule has 3 aliphatic rings. The first-order chi connectivity index (χ1) is 10.8. The summed E-state index contributed by atoms with van der Waals surface area (Å²) in [6, 6.07) is 1.12. The molecule has 7 heteroatoms. The van der Waals surface area contributed by atoms with Crippen LogP contribution in [-0.2, 0) is 9.53 Å². The molecular formula is C17H33Cl2N3O2. The van der Waals surface area contributed by atoms with E-state index < -0.39 is 0 Å². The number of amides is 1. The number of likely N-dealkylation sites (tertiary alicyclic amines) is 1. The van der Waals surface area contributed by atoms with Crippen molar-refractivity contribution >= 4 is 30.7 Å². The minimum atomic E-state index is 0. The second-order valence-corrected chi connectivity index (χ2v) is 7.18. The molecule has 0 radical (unpaired) electrons. The molecule has 4 atom stereocenters. The van der Waals surface area contributed by atoms with Crippen LogP contribution in [0.25, 0.3) is 0 Å². The van der Waals surface area contributed by atoms with Crippen molar-refractivity contribution in [1.82, 2.24) is 15.5 Å². The van der Waals surface area contributed by atoms with Crippen LogP contribution in [0.4, 0.5) is 0 Å². The number of carbonyl (C=O) groups excluding carboxylic acids is 1. The lowest BCUT2D eigenvalue weighted by molar-refractivity contribution is -0.123. The molecule has 4 unspecified atom stereocenters. The summed E-state index contributed by atoms with van der Waals surface area (Å²) < 4.78 is 5.17. The van der Waals surface area contributed by atoms with Gasteiger partial charge >= 0.3 is 0 Å². The Bertz CT molecular complexity index is 373. The molecule has 2 aliphatic heterocycles. The molecule has 2 heterocycles. The second-order valence-electron chi connectivity index (χ2n) is 7.18. The van der Waals surface area contributed by atoms with E-state index in [-0.39, 0.29) is 36.8 Å². The number of rotatable bonds is 6. The van der Waals surface area contributed by atoms with Crippen LogP contribution in [-0.4, -0.2) is 62.3 Å². The van der Waals surface area contributed by atoms with Crippen molar-refractivity contribution < 1.29 is 9.53 Å². The minimum Gasteiger partial charge on any atom is -0.383 e. The molecule has 1 amide bonds. The molecule has 0 aromatic carbocycles. The molecule has 0 spiro atoms. The minimum absolute atomic E-state index is 0. The fourth-order valence-corrected chi connectivity index (χ4v) is 4.49. The molecule has 1 aliphatic carbocycles. The molecule has 0 aromatic heterocycles. The number of hydrogen-bond acceptors (Lipinski definition) is 4. The van der Waals surface area contributed by atoms with Crippen LogP contribution in [0, 0.1) is 5.92 Å². The number of halogens is 2. The lowest BCUT2D eigenvalue weighted by Gasteiger charge is -2.25. The van der Waals surface area contributed by atoms with Gasteiger partial charge in [-0.2, -0.15) is 0 Å². The first kappa shape index (κ1) is 22.0. The van der Waals surface area contributed by atoms with Gasteiger partial charge in [-0.15, -0.1) is 24.8 Å². The largest absolute Gasteiger partial charge is 0.383 e. The Labute approximate surface area is 158 Å². The number of nitrogens with zero attached hydrogens (tertiary/aromatic N) is 1. The number of methoxy groups -OCH3 is 1. The number of carbonyl (C=O) groups is 1. The van der Waals surface area contributed by atoms with Gasteiger partial charge in [-0.05, 0) is 44.6 Å². The zero-order valence-corrected chi connectivity index (χ0v) is 16.3. The summed E-state index contributed by atoms with van der Waals surface area (Å²) in [5.41, 5.74) is 0. The quantitative estimate of drug-likeness (QED) is 0.738. The van der Waals surface area contributed by atoms with Crippen LogP contribution >= 0.6 is 24.8 Å². The zero-order valence-electron chi connectivity index (χ0n) is 14.7. The highest BCUT2D eigenvalue weighted by molar-refractivity contribution is 5.85. The smallest absolute Gasteiger partial charge is 0.237 e. The molecule has 1 saturated carbocycles. The standard InChI is InChI=1S/C17H31N3O2.2ClH/c1-22-10-9-20-8-4-6-14(20)12-18-17(21)16-11-13-5-2-3-7-15(13)19-16;;/h13-16,19H,2-12H2,1H3,(H,18,21);2*1H. The maximum atomic E-state index is 12.4. The van der Waals surface area contributed by atoms with Crippen LogP contribution < -0.4 is 10.6 Å². The van der Waals surface area contributed by atoms with Crippen LogP contribution in [0.1, 0.15) is 44.9 Å². The molecule has 0 aromatic rings.